The summed E-state index contributed by atoms with van der Waals surface area (Å²) in [6.07, 6.45) is 2.99. The van der Waals surface area contributed by atoms with Gasteiger partial charge in [-0.25, -0.2) is 4.39 Å². The first-order valence-electron chi connectivity index (χ1n) is 7.64. The molecule has 0 heterocycles. The maximum Gasteiger partial charge on any atom is 0.310 e. The monoisotopic (exact) mass is 295 g/mol. The quantitative estimate of drug-likeness (QED) is 0.731. The number of hydrogen-bond acceptors (Lipinski definition) is 2. The summed E-state index contributed by atoms with van der Waals surface area (Å²) >= 11 is 0. The maximum atomic E-state index is 12.8. The van der Waals surface area contributed by atoms with E-state index in [1.165, 1.54) is 12.1 Å². The largest absolute Gasteiger partial charge is 0.481 e. The van der Waals surface area contributed by atoms with E-state index in [1.807, 2.05) is 13.8 Å². The molecule has 118 valence electrons. The van der Waals surface area contributed by atoms with Gasteiger partial charge in [0.15, 0.2) is 0 Å². The second kappa shape index (κ2) is 8.13. The Bertz CT molecular complexity index is 441. The molecule has 4 heteroatoms. The van der Waals surface area contributed by atoms with Crippen LogP contribution < -0.4 is 5.32 Å². The van der Waals surface area contributed by atoms with E-state index in [9.17, 15) is 14.3 Å². The zero-order valence-corrected chi connectivity index (χ0v) is 13.2. The van der Waals surface area contributed by atoms with E-state index in [2.05, 4.69) is 12.2 Å². The summed E-state index contributed by atoms with van der Waals surface area (Å²) < 4.78 is 12.8. The molecule has 0 aromatic heterocycles. The van der Waals surface area contributed by atoms with E-state index in [-0.39, 0.29) is 11.9 Å². The van der Waals surface area contributed by atoms with Gasteiger partial charge in [-0.15, -0.1) is 0 Å². The molecule has 1 rings (SSSR count). The molecule has 0 aliphatic carbocycles. The number of halogens is 1. The zero-order chi connectivity index (χ0) is 15.9. The molecule has 0 radical (unpaired) electrons. The molecular weight excluding hydrogens is 269 g/mol. The fourth-order valence-electron chi connectivity index (χ4n) is 2.38. The van der Waals surface area contributed by atoms with Crippen LogP contribution in [0.3, 0.4) is 0 Å². The molecule has 3 nitrogen and oxygen atoms in total. The van der Waals surface area contributed by atoms with Gasteiger partial charge in [0, 0.05) is 12.6 Å². The number of carboxylic acids is 1. The van der Waals surface area contributed by atoms with Crippen LogP contribution in [0.5, 0.6) is 0 Å². The molecule has 0 saturated heterocycles. The molecular formula is C17H26FNO2. The number of rotatable bonds is 9. The number of nitrogens with one attached hydrogen (secondary N) is 1. The van der Waals surface area contributed by atoms with Gasteiger partial charge in [-0.3, -0.25) is 4.79 Å². The van der Waals surface area contributed by atoms with Crippen molar-refractivity contribution in [1.29, 1.82) is 0 Å². The van der Waals surface area contributed by atoms with E-state index in [4.69, 9.17) is 0 Å². The van der Waals surface area contributed by atoms with Gasteiger partial charge in [0.2, 0.25) is 0 Å². The summed E-state index contributed by atoms with van der Waals surface area (Å²) in [5, 5.41) is 12.7. The van der Waals surface area contributed by atoms with Crippen LogP contribution in [0, 0.1) is 11.2 Å². The van der Waals surface area contributed by atoms with Crippen molar-refractivity contribution in [2.45, 2.75) is 52.5 Å². The van der Waals surface area contributed by atoms with Crippen molar-refractivity contribution in [3.8, 4) is 0 Å². The predicted molar refractivity (Wildman–Crippen MR) is 82.8 cm³/mol. The lowest BCUT2D eigenvalue weighted by Gasteiger charge is -2.28. The topological polar surface area (TPSA) is 49.3 Å². The van der Waals surface area contributed by atoms with Crippen molar-refractivity contribution in [1.82, 2.24) is 5.32 Å². The van der Waals surface area contributed by atoms with Gasteiger partial charge in [0.05, 0.1) is 5.41 Å². The first kappa shape index (κ1) is 17.6. The second-order valence-corrected chi connectivity index (χ2v) is 5.74. The van der Waals surface area contributed by atoms with E-state index >= 15 is 0 Å². The molecule has 1 atom stereocenters. The van der Waals surface area contributed by atoms with Crippen LogP contribution in [0.25, 0.3) is 0 Å². The lowest BCUT2D eigenvalue weighted by molar-refractivity contribution is -0.149. The molecule has 0 bridgehead atoms. The van der Waals surface area contributed by atoms with Gasteiger partial charge in [-0.1, -0.05) is 26.0 Å². The molecule has 0 aliphatic rings. The maximum absolute atomic E-state index is 12.8. The molecule has 1 aromatic carbocycles. The smallest absolute Gasteiger partial charge is 0.310 e. The summed E-state index contributed by atoms with van der Waals surface area (Å²) in [7, 11) is 0. The highest BCUT2D eigenvalue weighted by Gasteiger charge is 2.34. The van der Waals surface area contributed by atoms with Gasteiger partial charge in [-0.2, -0.15) is 0 Å². The van der Waals surface area contributed by atoms with Crippen LogP contribution >= 0.6 is 0 Å². The Kier molecular flexibility index (Phi) is 6.82. The van der Waals surface area contributed by atoms with Crippen molar-refractivity contribution in [2.75, 3.05) is 6.54 Å². The minimum absolute atomic E-state index is 0.220. The molecule has 0 fully saturated rings. The van der Waals surface area contributed by atoms with Crippen molar-refractivity contribution >= 4 is 5.97 Å². The SMILES string of the molecule is CCC(CC)(CNC(C)CCc1ccc(F)cc1)C(=O)O. The predicted octanol–water partition coefficient (Wildman–Crippen LogP) is 3.63. The second-order valence-electron chi connectivity index (χ2n) is 5.74. The highest BCUT2D eigenvalue weighted by Crippen LogP contribution is 2.26. The number of carbonyl (C=O) groups is 1. The average Bonchev–Trinajstić information content (AvgIpc) is 2.48. The highest BCUT2D eigenvalue weighted by molar-refractivity contribution is 5.74. The summed E-state index contributed by atoms with van der Waals surface area (Å²) in [5.41, 5.74) is 0.421. The van der Waals surface area contributed by atoms with Crippen molar-refractivity contribution in [3.63, 3.8) is 0 Å². The molecule has 0 spiro atoms. The molecule has 2 N–H and O–H groups in total. The molecule has 1 unspecified atom stereocenters. The van der Waals surface area contributed by atoms with E-state index < -0.39 is 11.4 Å². The Morgan fingerprint density at radius 1 is 1.29 bits per heavy atom. The van der Waals surface area contributed by atoms with Crippen LogP contribution in [-0.4, -0.2) is 23.7 Å². The Balaban J connectivity index is 2.44. The lowest BCUT2D eigenvalue weighted by Crippen LogP contribution is -2.43. The summed E-state index contributed by atoms with van der Waals surface area (Å²) in [6, 6.07) is 6.75. The normalized spacial score (nSPS) is 13.1. The minimum atomic E-state index is -0.731. The first-order chi connectivity index (χ1) is 9.93. The van der Waals surface area contributed by atoms with Crippen molar-refractivity contribution < 1.29 is 14.3 Å². The number of aryl methyl sites for hydroxylation is 1. The Labute approximate surface area is 126 Å². The first-order valence-corrected chi connectivity index (χ1v) is 7.64. The fourth-order valence-corrected chi connectivity index (χ4v) is 2.38. The van der Waals surface area contributed by atoms with E-state index in [0.717, 1.165) is 18.4 Å². The number of carboxylic acid groups (broad SMARTS) is 1. The number of hydrogen-bond donors (Lipinski definition) is 2. The Morgan fingerprint density at radius 3 is 2.33 bits per heavy atom. The molecule has 1 aromatic rings. The van der Waals surface area contributed by atoms with Gasteiger partial charge in [-0.05, 0) is 50.3 Å². The third-order valence-electron chi connectivity index (χ3n) is 4.38. The summed E-state index contributed by atoms with van der Waals surface area (Å²) in [4.78, 5) is 11.4. The van der Waals surface area contributed by atoms with E-state index in [0.29, 0.717) is 19.4 Å². The van der Waals surface area contributed by atoms with Crippen LogP contribution in [0.1, 0.15) is 45.6 Å². The molecule has 0 aliphatic heterocycles. The van der Waals surface area contributed by atoms with Crippen LogP contribution in [0.15, 0.2) is 24.3 Å². The van der Waals surface area contributed by atoms with Gasteiger partial charge >= 0.3 is 5.97 Å². The fraction of sp³-hybridized carbons (Fsp3) is 0.588. The third kappa shape index (κ3) is 5.12. The highest BCUT2D eigenvalue weighted by atomic mass is 19.1. The average molecular weight is 295 g/mol. The molecule has 0 saturated carbocycles. The van der Waals surface area contributed by atoms with Crippen molar-refractivity contribution in [3.05, 3.63) is 35.6 Å². The number of aliphatic carboxylic acids is 1. The van der Waals surface area contributed by atoms with Crippen LogP contribution in [-0.2, 0) is 11.2 Å². The van der Waals surface area contributed by atoms with E-state index in [1.54, 1.807) is 12.1 Å². The molecule has 21 heavy (non-hydrogen) atoms. The zero-order valence-electron chi connectivity index (χ0n) is 13.2. The Morgan fingerprint density at radius 2 is 1.86 bits per heavy atom. The molecule has 0 amide bonds. The van der Waals surface area contributed by atoms with Crippen LogP contribution in [0.2, 0.25) is 0 Å². The van der Waals surface area contributed by atoms with Gasteiger partial charge < -0.3 is 10.4 Å². The number of benzene rings is 1. The Hall–Kier alpha value is -1.42. The third-order valence-corrected chi connectivity index (χ3v) is 4.38. The van der Waals surface area contributed by atoms with Crippen LogP contribution in [0.4, 0.5) is 4.39 Å². The summed E-state index contributed by atoms with van der Waals surface area (Å²) in [6.45, 7) is 6.38. The van der Waals surface area contributed by atoms with Gasteiger partial charge in [0.25, 0.3) is 0 Å². The summed E-state index contributed by atoms with van der Waals surface area (Å²) in [5.74, 6) is -0.951. The standard InChI is InChI=1S/C17H26FNO2/c1-4-17(5-2,16(20)21)12-19-13(3)6-7-14-8-10-15(18)11-9-14/h8-11,13,19H,4-7,12H2,1-3H3,(H,20,21). The lowest BCUT2D eigenvalue weighted by atomic mass is 9.82. The van der Waals surface area contributed by atoms with Gasteiger partial charge in [0.1, 0.15) is 5.82 Å². The van der Waals surface area contributed by atoms with Crippen molar-refractivity contribution in [2.24, 2.45) is 5.41 Å². The minimum Gasteiger partial charge on any atom is -0.481 e.